The molecule has 0 saturated carbocycles. The van der Waals surface area contributed by atoms with E-state index >= 15 is 0 Å². The molecule has 0 saturated heterocycles. The lowest BCUT2D eigenvalue weighted by Gasteiger charge is -2.22. The summed E-state index contributed by atoms with van der Waals surface area (Å²) in [6, 6.07) is 13.8. The molecular weight excluding hydrogens is 416 g/mol. The van der Waals surface area contributed by atoms with Crippen molar-refractivity contribution in [3.8, 4) is 5.75 Å². The maximum atomic E-state index is 14.7. The third-order valence-electron chi connectivity index (χ3n) is 5.21. The molecule has 2 N–H and O–H groups in total. The number of carbonyl (C=O) groups excluding carboxylic acids is 1. The number of carboxylic acids is 1. The van der Waals surface area contributed by atoms with Gasteiger partial charge in [0.2, 0.25) is 0 Å². The van der Waals surface area contributed by atoms with Crippen molar-refractivity contribution >= 4 is 22.6 Å². The number of unbranched alkanes of at least 4 members (excludes halogenated alkanes) is 1. The predicted octanol–water partition coefficient (Wildman–Crippen LogP) is 5.11. The highest BCUT2D eigenvalue weighted by Crippen LogP contribution is 2.28. The van der Waals surface area contributed by atoms with E-state index in [2.05, 4.69) is 5.32 Å². The van der Waals surface area contributed by atoms with E-state index in [9.17, 15) is 23.5 Å². The van der Waals surface area contributed by atoms with E-state index in [0.29, 0.717) is 48.0 Å². The monoisotopic (exact) mass is 441 g/mol. The van der Waals surface area contributed by atoms with Gasteiger partial charge in [-0.25, -0.2) is 13.6 Å². The number of halogens is 2. The summed E-state index contributed by atoms with van der Waals surface area (Å²) in [6.07, 6.45) is 1.79. The highest BCUT2D eigenvalue weighted by molar-refractivity contribution is 6.03. The fraction of sp³-hybridized carbons (Fsp3) is 0.280. The molecule has 32 heavy (non-hydrogen) atoms. The Bertz CT molecular complexity index is 1130. The van der Waals surface area contributed by atoms with E-state index in [1.54, 1.807) is 36.4 Å². The molecule has 5 nitrogen and oxygen atoms in total. The van der Waals surface area contributed by atoms with Crippen molar-refractivity contribution < 1.29 is 28.2 Å². The molecule has 3 aromatic carbocycles. The normalized spacial score (nSPS) is 11.4. The van der Waals surface area contributed by atoms with Gasteiger partial charge >= 0.3 is 5.97 Å². The summed E-state index contributed by atoms with van der Waals surface area (Å²) in [5.41, 5.74) is -0.725. The Balaban J connectivity index is 1.78. The maximum absolute atomic E-state index is 14.7. The largest absolute Gasteiger partial charge is 0.494 e. The molecule has 0 aromatic heterocycles. The summed E-state index contributed by atoms with van der Waals surface area (Å²) in [5.74, 6) is -2.14. The van der Waals surface area contributed by atoms with E-state index in [-0.39, 0.29) is 11.4 Å². The van der Waals surface area contributed by atoms with E-state index < -0.39 is 23.2 Å². The minimum absolute atomic E-state index is 0.120. The molecule has 0 aliphatic heterocycles. The first kappa shape index (κ1) is 23.2. The Labute approximate surface area is 185 Å². The highest BCUT2D eigenvalue weighted by Gasteiger charge is 2.30. The van der Waals surface area contributed by atoms with Gasteiger partial charge in [-0.15, -0.1) is 0 Å². The second-order valence-corrected chi connectivity index (χ2v) is 8.07. The highest BCUT2D eigenvalue weighted by atomic mass is 19.1. The predicted molar refractivity (Wildman–Crippen MR) is 118 cm³/mol. The van der Waals surface area contributed by atoms with Gasteiger partial charge < -0.3 is 15.2 Å². The zero-order chi connectivity index (χ0) is 23.3. The van der Waals surface area contributed by atoms with Crippen LogP contribution in [0, 0.1) is 11.6 Å². The number of fused-ring (bicyclic) bond motifs is 1. The van der Waals surface area contributed by atoms with Gasteiger partial charge in [-0.1, -0.05) is 24.3 Å². The van der Waals surface area contributed by atoms with Gasteiger partial charge in [0.25, 0.3) is 5.91 Å². The van der Waals surface area contributed by atoms with E-state index in [0.717, 1.165) is 0 Å². The zero-order valence-electron chi connectivity index (χ0n) is 18.0. The average Bonchev–Trinajstić information content (AvgIpc) is 2.75. The van der Waals surface area contributed by atoms with Crippen LogP contribution < -0.4 is 10.1 Å². The topological polar surface area (TPSA) is 75.6 Å². The van der Waals surface area contributed by atoms with Crippen molar-refractivity contribution in [3.63, 3.8) is 0 Å². The molecule has 1 amide bonds. The Hall–Kier alpha value is -3.48. The zero-order valence-corrected chi connectivity index (χ0v) is 18.0. The summed E-state index contributed by atoms with van der Waals surface area (Å²) in [4.78, 5) is 24.3. The molecule has 3 rings (SSSR count). The number of nitrogens with one attached hydrogen (secondary N) is 1. The van der Waals surface area contributed by atoms with Gasteiger partial charge in [0.1, 0.15) is 22.9 Å². The molecule has 0 bridgehead atoms. The number of amides is 1. The van der Waals surface area contributed by atoms with Crippen molar-refractivity contribution in [2.24, 2.45) is 0 Å². The third kappa shape index (κ3) is 5.41. The molecule has 0 unspecified atom stereocenters. The second-order valence-electron chi connectivity index (χ2n) is 8.07. The van der Waals surface area contributed by atoms with E-state index in [1.165, 1.54) is 32.0 Å². The minimum atomic E-state index is -1.50. The lowest BCUT2D eigenvalue weighted by molar-refractivity contribution is -0.143. The lowest BCUT2D eigenvalue weighted by Crippen LogP contribution is -2.49. The molecule has 0 heterocycles. The molecule has 3 aromatic rings. The van der Waals surface area contributed by atoms with Crippen molar-refractivity contribution in [1.29, 1.82) is 0 Å². The first-order chi connectivity index (χ1) is 15.2. The van der Waals surface area contributed by atoms with Gasteiger partial charge in [-0.05, 0) is 74.4 Å². The van der Waals surface area contributed by atoms with Gasteiger partial charge in [-0.3, -0.25) is 4.79 Å². The summed E-state index contributed by atoms with van der Waals surface area (Å²) in [6.45, 7) is 3.15. The van der Waals surface area contributed by atoms with Crippen molar-refractivity contribution in [2.75, 3.05) is 6.61 Å². The molecule has 168 valence electrons. The number of carboxylic acid groups (broad SMARTS) is 1. The van der Waals surface area contributed by atoms with Crippen LogP contribution in [-0.4, -0.2) is 29.1 Å². The molecular formula is C25H25F2NO4. The van der Waals surface area contributed by atoms with Gasteiger partial charge in [0, 0.05) is 10.9 Å². The van der Waals surface area contributed by atoms with E-state index in [1.807, 2.05) is 0 Å². The van der Waals surface area contributed by atoms with Crippen LogP contribution in [0.5, 0.6) is 5.75 Å². The summed E-state index contributed by atoms with van der Waals surface area (Å²) in [7, 11) is 0. The number of ether oxygens (including phenoxy) is 1. The molecule has 0 radical (unpaired) electrons. The molecule has 0 fully saturated rings. The van der Waals surface area contributed by atoms with Crippen LogP contribution in [0.4, 0.5) is 8.78 Å². The molecule has 0 spiro atoms. The molecule has 0 aliphatic carbocycles. The Morgan fingerprint density at radius 2 is 1.66 bits per heavy atom. The Morgan fingerprint density at radius 3 is 2.31 bits per heavy atom. The van der Waals surface area contributed by atoms with Gasteiger partial charge in [0.15, 0.2) is 0 Å². The first-order valence-corrected chi connectivity index (χ1v) is 10.3. The van der Waals surface area contributed by atoms with E-state index in [4.69, 9.17) is 4.74 Å². The van der Waals surface area contributed by atoms with Crippen LogP contribution >= 0.6 is 0 Å². The van der Waals surface area contributed by atoms with Crippen molar-refractivity contribution in [2.45, 2.75) is 38.6 Å². The number of benzene rings is 3. The second kappa shape index (κ2) is 9.77. The SMILES string of the molecule is CC(C)(NC(=O)c1cc(F)c2ccccc2c1CCCCOc1ccc(F)cc1)C(=O)O. The van der Waals surface area contributed by atoms with Gasteiger partial charge in [-0.2, -0.15) is 0 Å². The molecule has 0 aliphatic rings. The number of carbonyl (C=O) groups is 2. The van der Waals surface area contributed by atoms with Crippen LogP contribution in [-0.2, 0) is 11.2 Å². The van der Waals surface area contributed by atoms with Crippen molar-refractivity contribution in [1.82, 2.24) is 5.32 Å². The van der Waals surface area contributed by atoms with Gasteiger partial charge in [0.05, 0.1) is 6.61 Å². The van der Waals surface area contributed by atoms with Crippen LogP contribution in [0.2, 0.25) is 0 Å². The van der Waals surface area contributed by atoms with Crippen LogP contribution in [0.25, 0.3) is 10.8 Å². The molecule has 0 atom stereocenters. The Morgan fingerprint density at radius 1 is 1.00 bits per heavy atom. The number of aliphatic carboxylic acids is 1. The van der Waals surface area contributed by atoms with Crippen molar-refractivity contribution in [3.05, 3.63) is 77.4 Å². The standard InChI is InChI=1S/C25H25F2NO4/c1-25(2,24(30)31)28-23(29)21-15-22(27)20-9-4-3-7-18(20)19(21)8-5-6-14-32-17-12-10-16(26)11-13-17/h3-4,7,9-13,15H,5-6,8,14H2,1-2H3,(H,28,29)(H,30,31). The number of hydrogen-bond acceptors (Lipinski definition) is 3. The number of aryl methyl sites for hydroxylation is 1. The third-order valence-corrected chi connectivity index (χ3v) is 5.21. The quantitative estimate of drug-likeness (QED) is 0.453. The van der Waals surface area contributed by atoms with Crippen LogP contribution in [0.3, 0.4) is 0 Å². The minimum Gasteiger partial charge on any atom is -0.494 e. The number of hydrogen-bond donors (Lipinski definition) is 2. The fourth-order valence-electron chi connectivity index (χ4n) is 3.39. The average molecular weight is 441 g/mol. The summed E-state index contributed by atoms with van der Waals surface area (Å²) >= 11 is 0. The lowest BCUT2D eigenvalue weighted by atomic mass is 9.93. The molecule has 7 heteroatoms. The summed E-state index contributed by atoms with van der Waals surface area (Å²) < 4.78 is 33.3. The fourth-order valence-corrected chi connectivity index (χ4v) is 3.39. The first-order valence-electron chi connectivity index (χ1n) is 10.3. The number of rotatable bonds is 9. The maximum Gasteiger partial charge on any atom is 0.328 e. The Kier molecular flexibility index (Phi) is 7.08. The van der Waals surface area contributed by atoms with Crippen LogP contribution in [0.1, 0.15) is 42.6 Å². The summed E-state index contributed by atoms with van der Waals surface area (Å²) in [5, 5.41) is 12.8. The smallest absolute Gasteiger partial charge is 0.328 e. The van der Waals surface area contributed by atoms with Crippen LogP contribution in [0.15, 0.2) is 54.6 Å².